The molecule has 0 aromatic rings. The lowest BCUT2D eigenvalue weighted by atomic mass is 10.0. The van der Waals surface area contributed by atoms with Crippen LogP contribution in [-0.4, -0.2) is 35.7 Å². The van der Waals surface area contributed by atoms with Gasteiger partial charge in [0.1, 0.15) is 0 Å². The number of piperidine rings is 1. The van der Waals surface area contributed by atoms with Gasteiger partial charge in [0, 0.05) is 12.6 Å². The summed E-state index contributed by atoms with van der Waals surface area (Å²) >= 11 is 0. The van der Waals surface area contributed by atoms with Crippen molar-refractivity contribution >= 4 is 0 Å². The molecule has 0 radical (unpaired) electrons. The number of rotatable bonds is 3. The van der Waals surface area contributed by atoms with Crippen LogP contribution in [0.2, 0.25) is 0 Å². The number of likely N-dealkylation sites (tertiary alicyclic amines) is 1. The van der Waals surface area contributed by atoms with Gasteiger partial charge in [0.25, 0.3) is 0 Å². The lowest BCUT2D eigenvalue weighted by molar-refractivity contribution is 0.0804. The maximum atomic E-state index is 9.13. The minimum Gasteiger partial charge on any atom is -0.395 e. The van der Waals surface area contributed by atoms with Gasteiger partial charge >= 0.3 is 0 Å². The van der Waals surface area contributed by atoms with E-state index in [4.69, 9.17) is 5.11 Å². The van der Waals surface area contributed by atoms with Crippen LogP contribution in [0.1, 0.15) is 33.1 Å². The Morgan fingerprint density at radius 1 is 1.42 bits per heavy atom. The van der Waals surface area contributed by atoms with Gasteiger partial charge in [0.2, 0.25) is 0 Å². The number of hydrogen-bond acceptors (Lipinski definition) is 2. The first kappa shape index (κ1) is 10.0. The molecule has 0 amide bonds. The van der Waals surface area contributed by atoms with E-state index in [0.29, 0.717) is 12.6 Å². The molecule has 0 saturated carbocycles. The number of nitrogens with zero attached hydrogens (tertiary/aromatic N) is 1. The maximum Gasteiger partial charge on any atom is 0.0586 e. The monoisotopic (exact) mass is 171 g/mol. The van der Waals surface area contributed by atoms with Crippen molar-refractivity contribution in [1.29, 1.82) is 0 Å². The van der Waals surface area contributed by atoms with Gasteiger partial charge in [-0.15, -0.1) is 0 Å². The molecule has 12 heavy (non-hydrogen) atoms. The van der Waals surface area contributed by atoms with Crippen molar-refractivity contribution in [2.24, 2.45) is 5.92 Å². The average Bonchev–Trinajstić information content (AvgIpc) is 2.04. The SMILES string of the molecule is CC(C)CN1CCCC[C@@H]1CO. The van der Waals surface area contributed by atoms with Crippen LogP contribution >= 0.6 is 0 Å². The van der Waals surface area contributed by atoms with Crippen molar-refractivity contribution in [3.63, 3.8) is 0 Å². The van der Waals surface area contributed by atoms with Crippen molar-refractivity contribution < 1.29 is 5.11 Å². The lowest BCUT2D eigenvalue weighted by Crippen LogP contribution is -2.43. The summed E-state index contributed by atoms with van der Waals surface area (Å²) in [5.41, 5.74) is 0. The Balaban J connectivity index is 2.36. The average molecular weight is 171 g/mol. The highest BCUT2D eigenvalue weighted by molar-refractivity contribution is 4.76. The Kier molecular flexibility index (Phi) is 4.02. The zero-order valence-corrected chi connectivity index (χ0v) is 8.29. The van der Waals surface area contributed by atoms with Gasteiger partial charge in [-0.1, -0.05) is 20.3 Å². The Morgan fingerprint density at radius 3 is 2.75 bits per heavy atom. The van der Waals surface area contributed by atoms with Crippen LogP contribution in [-0.2, 0) is 0 Å². The molecule has 0 aromatic heterocycles. The normalized spacial score (nSPS) is 26.5. The Labute approximate surface area is 75.6 Å². The van der Waals surface area contributed by atoms with Gasteiger partial charge in [0.15, 0.2) is 0 Å². The van der Waals surface area contributed by atoms with E-state index in [1.54, 1.807) is 0 Å². The molecule has 0 spiro atoms. The molecular weight excluding hydrogens is 150 g/mol. The van der Waals surface area contributed by atoms with Crippen molar-refractivity contribution in [2.75, 3.05) is 19.7 Å². The van der Waals surface area contributed by atoms with E-state index in [9.17, 15) is 0 Å². The van der Waals surface area contributed by atoms with Gasteiger partial charge < -0.3 is 5.11 Å². The second-order valence-corrected chi connectivity index (χ2v) is 4.22. The van der Waals surface area contributed by atoms with Crippen LogP contribution in [0.3, 0.4) is 0 Å². The summed E-state index contributed by atoms with van der Waals surface area (Å²) in [6, 6.07) is 0.446. The van der Waals surface area contributed by atoms with Gasteiger partial charge in [-0.2, -0.15) is 0 Å². The largest absolute Gasteiger partial charge is 0.395 e. The Hall–Kier alpha value is -0.0800. The summed E-state index contributed by atoms with van der Waals surface area (Å²) in [7, 11) is 0. The van der Waals surface area contributed by atoms with E-state index in [1.165, 1.54) is 25.8 Å². The van der Waals surface area contributed by atoms with Crippen LogP contribution in [0, 0.1) is 5.92 Å². The Morgan fingerprint density at radius 2 is 2.17 bits per heavy atom. The van der Waals surface area contributed by atoms with Gasteiger partial charge in [0.05, 0.1) is 6.61 Å². The van der Waals surface area contributed by atoms with E-state index in [1.807, 2.05) is 0 Å². The lowest BCUT2D eigenvalue weighted by Gasteiger charge is -2.35. The first-order valence-electron chi connectivity index (χ1n) is 5.09. The minimum absolute atomic E-state index is 0.340. The second kappa shape index (κ2) is 4.83. The zero-order chi connectivity index (χ0) is 8.97. The topological polar surface area (TPSA) is 23.5 Å². The molecule has 1 atom stereocenters. The summed E-state index contributed by atoms with van der Waals surface area (Å²) in [4.78, 5) is 2.44. The third-order valence-electron chi connectivity index (χ3n) is 2.56. The highest BCUT2D eigenvalue weighted by atomic mass is 16.3. The van der Waals surface area contributed by atoms with E-state index in [0.717, 1.165) is 12.5 Å². The van der Waals surface area contributed by atoms with Gasteiger partial charge in [-0.25, -0.2) is 0 Å². The molecule has 1 aliphatic heterocycles. The quantitative estimate of drug-likeness (QED) is 0.695. The highest BCUT2D eigenvalue weighted by Gasteiger charge is 2.21. The van der Waals surface area contributed by atoms with Crippen LogP contribution in [0.4, 0.5) is 0 Å². The molecule has 0 bridgehead atoms. The third kappa shape index (κ3) is 2.76. The summed E-state index contributed by atoms with van der Waals surface area (Å²) in [5, 5.41) is 9.13. The van der Waals surface area contributed by atoms with Crippen LogP contribution < -0.4 is 0 Å². The number of aliphatic hydroxyl groups is 1. The number of hydrogen-bond donors (Lipinski definition) is 1. The fourth-order valence-electron chi connectivity index (χ4n) is 1.98. The van der Waals surface area contributed by atoms with Crippen molar-refractivity contribution in [3.05, 3.63) is 0 Å². The smallest absolute Gasteiger partial charge is 0.0586 e. The predicted octanol–water partition coefficient (Wildman–Crippen LogP) is 1.49. The molecule has 72 valence electrons. The van der Waals surface area contributed by atoms with Crippen molar-refractivity contribution in [3.8, 4) is 0 Å². The van der Waals surface area contributed by atoms with Gasteiger partial charge in [-0.05, 0) is 25.3 Å². The van der Waals surface area contributed by atoms with Crippen molar-refractivity contribution in [1.82, 2.24) is 4.90 Å². The van der Waals surface area contributed by atoms with Crippen molar-refractivity contribution in [2.45, 2.75) is 39.2 Å². The maximum absolute atomic E-state index is 9.13. The molecule has 2 nitrogen and oxygen atoms in total. The predicted molar refractivity (Wildman–Crippen MR) is 51.1 cm³/mol. The first-order chi connectivity index (χ1) is 5.74. The van der Waals surface area contributed by atoms with Crippen LogP contribution in [0.15, 0.2) is 0 Å². The molecule has 1 heterocycles. The molecule has 1 rings (SSSR count). The molecule has 2 heteroatoms. The highest BCUT2D eigenvalue weighted by Crippen LogP contribution is 2.17. The molecule has 0 aliphatic carbocycles. The molecule has 1 aliphatic rings. The third-order valence-corrected chi connectivity index (χ3v) is 2.56. The van der Waals surface area contributed by atoms with E-state index < -0.39 is 0 Å². The summed E-state index contributed by atoms with van der Waals surface area (Å²) < 4.78 is 0. The number of aliphatic hydroxyl groups excluding tert-OH is 1. The Bertz CT molecular complexity index is 125. The molecule has 1 saturated heterocycles. The minimum atomic E-state index is 0.340. The summed E-state index contributed by atoms with van der Waals surface area (Å²) in [5.74, 6) is 0.720. The first-order valence-corrected chi connectivity index (χ1v) is 5.09. The molecular formula is C10H21NO. The molecule has 1 fully saturated rings. The van der Waals surface area contributed by atoms with E-state index in [-0.39, 0.29) is 0 Å². The molecule has 1 N–H and O–H groups in total. The van der Waals surface area contributed by atoms with Crippen LogP contribution in [0.5, 0.6) is 0 Å². The van der Waals surface area contributed by atoms with Gasteiger partial charge in [-0.3, -0.25) is 4.90 Å². The fraction of sp³-hybridized carbons (Fsp3) is 1.00. The van der Waals surface area contributed by atoms with E-state index in [2.05, 4.69) is 18.7 Å². The molecule has 0 unspecified atom stereocenters. The van der Waals surface area contributed by atoms with E-state index >= 15 is 0 Å². The molecule has 0 aromatic carbocycles. The summed E-state index contributed by atoms with van der Waals surface area (Å²) in [6.07, 6.45) is 3.78. The fourth-order valence-corrected chi connectivity index (χ4v) is 1.98. The van der Waals surface area contributed by atoms with Crippen LogP contribution in [0.25, 0.3) is 0 Å². The zero-order valence-electron chi connectivity index (χ0n) is 8.29. The summed E-state index contributed by atoms with van der Waals surface area (Å²) in [6.45, 7) is 7.15. The second-order valence-electron chi connectivity index (χ2n) is 4.22. The standard InChI is InChI=1S/C10H21NO/c1-9(2)7-11-6-4-3-5-10(11)8-12/h9-10,12H,3-8H2,1-2H3/t10-/m1/s1.